The number of likely N-dealkylation sites (tertiary alicyclic amines) is 1. The van der Waals surface area contributed by atoms with Gasteiger partial charge in [-0.05, 0) is 37.7 Å². The lowest BCUT2D eigenvalue weighted by atomic mass is 10.2. The van der Waals surface area contributed by atoms with Gasteiger partial charge in [-0.3, -0.25) is 4.98 Å². The molecule has 5 heteroatoms. The Morgan fingerprint density at radius 3 is 2.76 bits per heavy atom. The quantitative estimate of drug-likeness (QED) is 0.453. The van der Waals surface area contributed by atoms with Gasteiger partial charge in [0.2, 0.25) is 0 Å². The number of nitrogens with zero attached hydrogens (tertiary/aromatic N) is 4. The highest BCUT2D eigenvalue weighted by Gasteiger charge is 2.19. The SMILES string of the molecule is C/C(=N\N(C)C(=S)N1CCC1)c1ccccn1. The summed E-state index contributed by atoms with van der Waals surface area (Å²) in [6, 6.07) is 5.79. The van der Waals surface area contributed by atoms with E-state index >= 15 is 0 Å². The Labute approximate surface area is 107 Å². The smallest absolute Gasteiger partial charge is 0.192 e. The standard InChI is InChI=1S/C12H16N4S/c1-10(11-6-3-4-7-13-11)14-15(2)12(17)16-8-5-9-16/h3-4,6-7H,5,8-9H2,1-2H3/b14-10+. The molecule has 0 saturated carbocycles. The van der Waals surface area contributed by atoms with Gasteiger partial charge in [0.05, 0.1) is 11.4 Å². The Hall–Kier alpha value is -1.49. The zero-order valence-electron chi connectivity index (χ0n) is 10.1. The van der Waals surface area contributed by atoms with Crippen LogP contribution in [0.3, 0.4) is 0 Å². The van der Waals surface area contributed by atoms with Crippen LogP contribution in [-0.2, 0) is 0 Å². The lowest BCUT2D eigenvalue weighted by Gasteiger charge is -2.35. The van der Waals surface area contributed by atoms with Gasteiger partial charge >= 0.3 is 0 Å². The van der Waals surface area contributed by atoms with Gasteiger partial charge in [0.25, 0.3) is 0 Å². The molecular formula is C12H16N4S. The van der Waals surface area contributed by atoms with Crippen molar-refractivity contribution in [3.05, 3.63) is 30.1 Å². The number of hydrogen-bond acceptors (Lipinski definition) is 3. The van der Waals surface area contributed by atoms with E-state index in [9.17, 15) is 0 Å². The summed E-state index contributed by atoms with van der Waals surface area (Å²) >= 11 is 5.34. The van der Waals surface area contributed by atoms with Gasteiger partial charge in [0.15, 0.2) is 5.11 Å². The molecule has 0 bridgehead atoms. The second-order valence-corrected chi connectivity index (χ2v) is 4.41. The van der Waals surface area contributed by atoms with Gasteiger partial charge in [-0.1, -0.05) is 6.07 Å². The Balaban J connectivity index is 2.05. The van der Waals surface area contributed by atoms with Crippen molar-refractivity contribution >= 4 is 23.0 Å². The lowest BCUT2D eigenvalue weighted by Crippen LogP contribution is -2.46. The highest BCUT2D eigenvalue weighted by atomic mass is 32.1. The summed E-state index contributed by atoms with van der Waals surface area (Å²) in [6.07, 6.45) is 2.99. The zero-order valence-corrected chi connectivity index (χ0v) is 10.9. The van der Waals surface area contributed by atoms with E-state index in [4.69, 9.17) is 12.2 Å². The first-order valence-corrected chi connectivity index (χ1v) is 6.08. The van der Waals surface area contributed by atoms with Gasteiger partial charge in [0.1, 0.15) is 0 Å². The third-order valence-electron chi connectivity index (χ3n) is 2.74. The molecule has 0 aliphatic carbocycles. The first kappa shape index (κ1) is 12.0. The first-order chi connectivity index (χ1) is 8.18. The molecule has 1 saturated heterocycles. The summed E-state index contributed by atoms with van der Waals surface area (Å²) in [5, 5.41) is 6.99. The average Bonchev–Trinajstić information content (AvgIpc) is 2.27. The van der Waals surface area contributed by atoms with Crippen molar-refractivity contribution in [1.82, 2.24) is 14.9 Å². The predicted molar refractivity (Wildman–Crippen MR) is 73.0 cm³/mol. The third kappa shape index (κ3) is 2.79. The van der Waals surface area contributed by atoms with Gasteiger partial charge in [-0.25, -0.2) is 5.01 Å². The van der Waals surface area contributed by atoms with Crippen LogP contribution in [0, 0.1) is 0 Å². The Morgan fingerprint density at radius 2 is 2.24 bits per heavy atom. The van der Waals surface area contributed by atoms with Crippen LogP contribution in [0.1, 0.15) is 19.0 Å². The summed E-state index contributed by atoms with van der Waals surface area (Å²) in [5.41, 5.74) is 1.75. The number of aromatic nitrogens is 1. The zero-order chi connectivity index (χ0) is 12.3. The molecule has 2 rings (SSSR count). The van der Waals surface area contributed by atoms with Gasteiger partial charge < -0.3 is 4.90 Å². The monoisotopic (exact) mass is 248 g/mol. The highest BCUT2D eigenvalue weighted by molar-refractivity contribution is 7.80. The van der Waals surface area contributed by atoms with Gasteiger partial charge in [-0.2, -0.15) is 5.10 Å². The van der Waals surface area contributed by atoms with Crippen LogP contribution in [0.4, 0.5) is 0 Å². The molecule has 1 aromatic rings. The van der Waals surface area contributed by atoms with Crippen molar-refractivity contribution in [1.29, 1.82) is 0 Å². The number of thiocarbonyl (C=S) groups is 1. The first-order valence-electron chi connectivity index (χ1n) is 5.68. The second-order valence-electron chi connectivity index (χ2n) is 4.05. The van der Waals surface area contributed by atoms with Crippen LogP contribution in [0.25, 0.3) is 0 Å². The molecule has 0 aromatic carbocycles. The second kappa shape index (κ2) is 5.23. The van der Waals surface area contributed by atoms with Gasteiger partial charge in [0, 0.05) is 26.3 Å². The molecular weight excluding hydrogens is 232 g/mol. The summed E-state index contributed by atoms with van der Waals surface area (Å²) in [6.45, 7) is 4.03. The van der Waals surface area contributed by atoms with Crippen molar-refractivity contribution in [3.8, 4) is 0 Å². The maximum atomic E-state index is 5.34. The minimum Gasteiger partial charge on any atom is -0.348 e. The molecule has 0 spiro atoms. The van der Waals surface area contributed by atoms with Crippen molar-refractivity contribution in [2.45, 2.75) is 13.3 Å². The third-order valence-corrected chi connectivity index (χ3v) is 3.26. The van der Waals surface area contributed by atoms with E-state index in [-0.39, 0.29) is 0 Å². The number of pyridine rings is 1. The fourth-order valence-electron chi connectivity index (χ4n) is 1.61. The topological polar surface area (TPSA) is 31.7 Å². The summed E-state index contributed by atoms with van der Waals surface area (Å²) < 4.78 is 0. The number of rotatable bonds is 2. The molecule has 1 fully saturated rings. The lowest BCUT2D eigenvalue weighted by molar-refractivity contribution is 0.269. The van der Waals surface area contributed by atoms with E-state index in [1.54, 1.807) is 11.2 Å². The van der Waals surface area contributed by atoms with E-state index in [0.717, 1.165) is 29.6 Å². The molecule has 90 valence electrons. The normalized spacial score (nSPS) is 15.4. The molecule has 0 amide bonds. The average molecular weight is 248 g/mol. The van der Waals surface area contributed by atoms with Crippen molar-refractivity contribution in [2.24, 2.45) is 5.10 Å². The fourth-order valence-corrected chi connectivity index (χ4v) is 1.83. The Kier molecular flexibility index (Phi) is 3.68. The minimum absolute atomic E-state index is 0.784. The minimum atomic E-state index is 0.784. The number of hydrogen-bond donors (Lipinski definition) is 0. The van der Waals surface area contributed by atoms with E-state index in [1.165, 1.54) is 6.42 Å². The van der Waals surface area contributed by atoms with Gasteiger partial charge in [-0.15, -0.1) is 0 Å². The molecule has 17 heavy (non-hydrogen) atoms. The highest BCUT2D eigenvalue weighted by Crippen LogP contribution is 2.10. The maximum Gasteiger partial charge on any atom is 0.192 e. The molecule has 4 nitrogen and oxygen atoms in total. The maximum absolute atomic E-state index is 5.34. The summed E-state index contributed by atoms with van der Waals surface area (Å²) in [7, 11) is 1.88. The van der Waals surface area contributed by atoms with Crippen LogP contribution < -0.4 is 0 Å². The molecule has 0 N–H and O–H groups in total. The van der Waals surface area contributed by atoms with Crippen LogP contribution in [0.2, 0.25) is 0 Å². The molecule has 0 radical (unpaired) electrons. The van der Waals surface area contributed by atoms with Crippen LogP contribution in [0.15, 0.2) is 29.5 Å². The fraction of sp³-hybridized carbons (Fsp3) is 0.417. The number of hydrazone groups is 1. The molecule has 0 atom stereocenters. The largest absolute Gasteiger partial charge is 0.348 e. The van der Waals surface area contributed by atoms with Crippen molar-refractivity contribution in [2.75, 3.05) is 20.1 Å². The van der Waals surface area contributed by atoms with Crippen LogP contribution in [0.5, 0.6) is 0 Å². The molecule has 1 aliphatic heterocycles. The predicted octanol–water partition coefficient (Wildman–Crippen LogP) is 1.73. The summed E-state index contributed by atoms with van der Waals surface area (Å²) in [4.78, 5) is 6.40. The summed E-state index contributed by atoms with van der Waals surface area (Å²) in [5.74, 6) is 0. The van der Waals surface area contributed by atoms with Crippen molar-refractivity contribution < 1.29 is 0 Å². The Bertz CT molecular complexity index is 425. The Morgan fingerprint density at radius 1 is 1.47 bits per heavy atom. The van der Waals surface area contributed by atoms with E-state index < -0.39 is 0 Å². The van der Waals surface area contributed by atoms with E-state index in [1.807, 2.05) is 32.2 Å². The molecule has 0 unspecified atom stereocenters. The molecule has 1 aliphatic rings. The van der Waals surface area contributed by atoms with Crippen LogP contribution in [-0.4, -0.2) is 45.9 Å². The van der Waals surface area contributed by atoms with Crippen LogP contribution >= 0.6 is 12.2 Å². The van der Waals surface area contributed by atoms with E-state index in [2.05, 4.69) is 15.0 Å². The molecule has 2 heterocycles. The van der Waals surface area contributed by atoms with Crippen molar-refractivity contribution in [3.63, 3.8) is 0 Å². The van der Waals surface area contributed by atoms with E-state index in [0.29, 0.717) is 0 Å². The molecule has 1 aromatic heterocycles.